The van der Waals surface area contributed by atoms with Gasteiger partial charge in [0.25, 0.3) is 0 Å². The first-order valence-corrected chi connectivity index (χ1v) is 7.42. The van der Waals surface area contributed by atoms with Crippen LogP contribution in [0.1, 0.15) is 52.4 Å². The van der Waals surface area contributed by atoms with Gasteiger partial charge in [-0.3, -0.25) is 4.90 Å². The molecule has 2 rings (SSSR count). The van der Waals surface area contributed by atoms with E-state index in [-0.39, 0.29) is 5.60 Å². The monoisotopic (exact) mass is 269 g/mol. The van der Waals surface area contributed by atoms with Gasteiger partial charge in [0.15, 0.2) is 5.84 Å². The number of amidine groups is 1. The number of hydrogen-bond donors (Lipinski definition) is 2. The summed E-state index contributed by atoms with van der Waals surface area (Å²) in [4.78, 5) is 2.34. The molecule has 0 bridgehead atoms. The van der Waals surface area contributed by atoms with Gasteiger partial charge < -0.3 is 15.7 Å². The zero-order valence-electron chi connectivity index (χ0n) is 12.1. The van der Waals surface area contributed by atoms with Gasteiger partial charge in [-0.25, -0.2) is 0 Å². The number of ether oxygens (including phenoxy) is 1. The van der Waals surface area contributed by atoms with Gasteiger partial charge in [-0.1, -0.05) is 18.0 Å². The van der Waals surface area contributed by atoms with Crippen molar-refractivity contribution in [3.63, 3.8) is 0 Å². The number of oxime groups is 1. The van der Waals surface area contributed by atoms with E-state index in [1.54, 1.807) is 0 Å². The molecule has 1 saturated carbocycles. The van der Waals surface area contributed by atoms with E-state index in [2.05, 4.69) is 23.9 Å². The summed E-state index contributed by atoms with van der Waals surface area (Å²) in [6.45, 7) is 5.71. The molecular weight excluding hydrogens is 242 g/mol. The lowest BCUT2D eigenvalue weighted by Gasteiger charge is -2.44. The molecule has 0 aromatic rings. The largest absolute Gasteiger partial charge is 0.409 e. The topological polar surface area (TPSA) is 71.1 Å². The summed E-state index contributed by atoms with van der Waals surface area (Å²) in [7, 11) is 0. The van der Waals surface area contributed by atoms with Crippen LogP contribution in [0.25, 0.3) is 0 Å². The van der Waals surface area contributed by atoms with Gasteiger partial charge in [0.2, 0.25) is 0 Å². The van der Waals surface area contributed by atoms with Crippen LogP contribution in [-0.2, 0) is 4.74 Å². The maximum Gasteiger partial charge on any atom is 0.153 e. The molecule has 2 aliphatic rings. The van der Waals surface area contributed by atoms with Crippen LogP contribution in [0.5, 0.6) is 0 Å². The van der Waals surface area contributed by atoms with Crippen LogP contribution in [0.2, 0.25) is 0 Å². The summed E-state index contributed by atoms with van der Waals surface area (Å²) in [5, 5.41) is 11.9. The normalized spacial score (nSPS) is 27.6. The lowest BCUT2D eigenvalue weighted by atomic mass is 9.87. The summed E-state index contributed by atoms with van der Waals surface area (Å²) in [6, 6.07) is 0.869. The number of nitrogens with two attached hydrogens (primary N) is 1. The first-order valence-electron chi connectivity index (χ1n) is 7.42. The summed E-state index contributed by atoms with van der Waals surface area (Å²) in [6.07, 6.45) is 7.09. The van der Waals surface area contributed by atoms with Crippen LogP contribution in [0.3, 0.4) is 0 Å². The van der Waals surface area contributed by atoms with Crippen LogP contribution in [0, 0.1) is 0 Å². The molecule has 1 aliphatic carbocycles. The second-order valence-electron chi connectivity index (χ2n) is 6.24. The average molecular weight is 269 g/mol. The van der Waals surface area contributed by atoms with Crippen molar-refractivity contribution in [2.24, 2.45) is 10.9 Å². The van der Waals surface area contributed by atoms with Crippen molar-refractivity contribution in [1.29, 1.82) is 0 Å². The van der Waals surface area contributed by atoms with Crippen LogP contribution in [0.15, 0.2) is 5.16 Å². The SMILES string of the molecule is CC(C)N(CC(N)=NO)C1CCOC2(CCCC2)C1. The molecule has 1 unspecified atom stereocenters. The molecule has 0 aromatic carbocycles. The van der Waals surface area contributed by atoms with E-state index in [1.165, 1.54) is 25.7 Å². The third-order valence-corrected chi connectivity index (χ3v) is 4.59. The Kier molecular flexibility index (Phi) is 4.68. The molecular formula is C14H27N3O2. The predicted molar refractivity (Wildman–Crippen MR) is 75.4 cm³/mol. The molecule has 1 spiro atoms. The van der Waals surface area contributed by atoms with Crippen LogP contribution in [0.4, 0.5) is 0 Å². The van der Waals surface area contributed by atoms with Gasteiger partial charge in [0.05, 0.1) is 12.1 Å². The van der Waals surface area contributed by atoms with E-state index < -0.39 is 0 Å². The quantitative estimate of drug-likeness (QED) is 0.354. The highest BCUT2D eigenvalue weighted by molar-refractivity contribution is 5.81. The Balaban J connectivity index is 2.04. The van der Waals surface area contributed by atoms with Gasteiger partial charge in [-0.2, -0.15) is 0 Å². The molecule has 1 heterocycles. The van der Waals surface area contributed by atoms with E-state index in [0.29, 0.717) is 24.5 Å². The number of rotatable bonds is 4. The summed E-state index contributed by atoms with van der Waals surface area (Å²) in [5.74, 6) is 0.292. The van der Waals surface area contributed by atoms with Crippen LogP contribution < -0.4 is 5.73 Å². The van der Waals surface area contributed by atoms with E-state index in [9.17, 15) is 0 Å². The first-order chi connectivity index (χ1) is 9.06. The van der Waals surface area contributed by atoms with Crippen molar-refractivity contribution >= 4 is 5.84 Å². The first kappa shape index (κ1) is 14.6. The van der Waals surface area contributed by atoms with Crippen molar-refractivity contribution in [2.75, 3.05) is 13.2 Å². The predicted octanol–water partition coefficient (Wildman–Crippen LogP) is 1.93. The highest BCUT2D eigenvalue weighted by Gasteiger charge is 2.41. The Morgan fingerprint density at radius 3 is 2.74 bits per heavy atom. The second kappa shape index (κ2) is 6.09. The summed E-state index contributed by atoms with van der Waals surface area (Å²) < 4.78 is 6.08. The highest BCUT2D eigenvalue weighted by Crippen LogP contribution is 2.41. The summed E-state index contributed by atoms with van der Waals surface area (Å²) >= 11 is 0. The Labute approximate surface area is 115 Å². The molecule has 3 N–H and O–H groups in total. The van der Waals surface area contributed by atoms with E-state index >= 15 is 0 Å². The fourth-order valence-corrected chi connectivity index (χ4v) is 3.60. The minimum absolute atomic E-state index is 0.112. The Morgan fingerprint density at radius 2 is 2.16 bits per heavy atom. The third-order valence-electron chi connectivity index (χ3n) is 4.59. The molecule has 1 saturated heterocycles. The van der Waals surface area contributed by atoms with Gasteiger partial charge >= 0.3 is 0 Å². The molecule has 0 aromatic heterocycles. The molecule has 19 heavy (non-hydrogen) atoms. The highest BCUT2D eigenvalue weighted by atomic mass is 16.5. The fourth-order valence-electron chi connectivity index (χ4n) is 3.60. The van der Waals surface area contributed by atoms with E-state index in [1.807, 2.05) is 0 Å². The van der Waals surface area contributed by atoms with E-state index in [4.69, 9.17) is 15.7 Å². The standard InChI is InChI=1S/C14H27N3O2/c1-11(2)17(10-13(15)16-18)12-5-8-19-14(9-12)6-3-4-7-14/h11-12,18H,3-10H2,1-2H3,(H2,15,16). The molecule has 1 aliphatic heterocycles. The van der Waals surface area contributed by atoms with Gasteiger partial charge in [-0.05, 0) is 39.5 Å². The third kappa shape index (κ3) is 3.39. The molecule has 5 heteroatoms. The van der Waals surface area contributed by atoms with Crippen molar-refractivity contribution in [3.05, 3.63) is 0 Å². The van der Waals surface area contributed by atoms with Gasteiger partial charge in [0.1, 0.15) is 0 Å². The lowest BCUT2D eigenvalue weighted by Crippen LogP contribution is -2.52. The van der Waals surface area contributed by atoms with Crippen molar-refractivity contribution in [3.8, 4) is 0 Å². The minimum atomic E-state index is 0.112. The zero-order chi connectivity index (χ0) is 13.9. The molecule has 2 fully saturated rings. The Morgan fingerprint density at radius 1 is 1.47 bits per heavy atom. The van der Waals surface area contributed by atoms with Crippen molar-refractivity contribution in [2.45, 2.75) is 70.1 Å². The Bertz CT molecular complexity index is 325. The fraction of sp³-hybridized carbons (Fsp3) is 0.929. The van der Waals surface area contributed by atoms with Crippen LogP contribution in [-0.4, -0.2) is 46.8 Å². The maximum absolute atomic E-state index is 8.78. The molecule has 0 amide bonds. The number of hydrogen-bond acceptors (Lipinski definition) is 4. The Hall–Kier alpha value is -0.810. The maximum atomic E-state index is 8.78. The number of nitrogens with zero attached hydrogens (tertiary/aromatic N) is 2. The van der Waals surface area contributed by atoms with Gasteiger partial charge in [-0.15, -0.1) is 0 Å². The molecule has 5 nitrogen and oxygen atoms in total. The van der Waals surface area contributed by atoms with Crippen LogP contribution >= 0.6 is 0 Å². The second-order valence-corrected chi connectivity index (χ2v) is 6.24. The molecule has 0 radical (unpaired) electrons. The average Bonchev–Trinajstić information content (AvgIpc) is 2.83. The molecule has 1 atom stereocenters. The lowest BCUT2D eigenvalue weighted by molar-refractivity contribution is -0.103. The van der Waals surface area contributed by atoms with E-state index in [0.717, 1.165) is 19.4 Å². The van der Waals surface area contributed by atoms with Gasteiger partial charge in [0, 0.05) is 18.7 Å². The molecule has 110 valence electrons. The van der Waals surface area contributed by atoms with Crippen molar-refractivity contribution in [1.82, 2.24) is 4.90 Å². The summed E-state index contributed by atoms with van der Waals surface area (Å²) in [5.41, 5.74) is 5.80. The minimum Gasteiger partial charge on any atom is -0.409 e. The smallest absolute Gasteiger partial charge is 0.153 e. The zero-order valence-corrected chi connectivity index (χ0v) is 12.1. The van der Waals surface area contributed by atoms with Crippen molar-refractivity contribution < 1.29 is 9.94 Å².